The van der Waals surface area contributed by atoms with E-state index >= 15 is 0 Å². The molecule has 11 aromatic rings. The highest BCUT2D eigenvalue weighted by molar-refractivity contribution is 7.25. The van der Waals surface area contributed by atoms with Crippen LogP contribution in [0.5, 0.6) is 0 Å². The lowest BCUT2D eigenvalue weighted by molar-refractivity contribution is 0.669. The Morgan fingerprint density at radius 3 is 2.02 bits per heavy atom. The molecule has 5 heteroatoms. The van der Waals surface area contributed by atoms with Gasteiger partial charge in [-0.2, -0.15) is 0 Å². The van der Waals surface area contributed by atoms with Crippen molar-refractivity contribution in [2.75, 3.05) is 0 Å². The molecule has 0 amide bonds. The molecule has 3 aromatic heterocycles. The normalized spacial score (nSPS) is 12.5. The highest BCUT2D eigenvalue weighted by atomic mass is 32.1. The molecule has 0 unspecified atom stereocenters. The minimum Gasteiger partial charge on any atom is -0.456 e. The lowest BCUT2D eigenvalue weighted by atomic mass is 9.98. The number of para-hydroxylation sites is 2. The Morgan fingerprint density at radius 1 is 0.517 bits per heavy atom. The van der Waals surface area contributed by atoms with Gasteiger partial charge in [0.05, 0.1) is 16.7 Å². The van der Waals surface area contributed by atoms with E-state index in [4.69, 9.17) is 14.4 Å². The van der Waals surface area contributed by atoms with Gasteiger partial charge in [-0.1, -0.05) is 128 Å². The van der Waals surface area contributed by atoms with Crippen LogP contribution in [0.2, 0.25) is 0 Å². The molecule has 0 saturated carbocycles. The van der Waals surface area contributed by atoms with E-state index in [1.54, 1.807) is 11.3 Å². The van der Waals surface area contributed by atoms with Crippen molar-refractivity contribution in [2.24, 2.45) is 9.98 Å². The molecule has 0 fully saturated rings. The summed E-state index contributed by atoms with van der Waals surface area (Å²) in [4.78, 5) is 10.6. The van der Waals surface area contributed by atoms with Crippen LogP contribution in [0, 0.1) is 0 Å². The van der Waals surface area contributed by atoms with Crippen LogP contribution < -0.4 is 0 Å². The van der Waals surface area contributed by atoms with Crippen LogP contribution in [0.25, 0.3) is 86.4 Å². The molecule has 0 radical (unpaired) electrons. The largest absolute Gasteiger partial charge is 0.456 e. The summed E-state index contributed by atoms with van der Waals surface area (Å²) in [5.74, 6) is 0.619. The Balaban J connectivity index is 1.07. The van der Waals surface area contributed by atoms with Gasteiger partial charge in [0.25, 0.3) is 0 Å². The van der Waals surface area contributed by atoms with Gasteiger partial charge in [-0.05, 0) is 84.3 Å². The number of aromatic nitrogens is 1. The van der Waals surface area contributed by atoms with E-state index in [9.17, 15) is 0 Å². The predicted molar refractivity (Wildman–Crippen MR) is 247 cm³/mol. The van der Waals surface area contributed by atoms with Gasteiger partial charge in [0.1, 0.15) is 11.2 Å². The van der Waals surface area contributed by atoms with Crippen molar-refractivity contribution in [1.29, 1.82) is 0 Å². The van der Waals surface area contributed by atoms with Crippen molar-refractivity contribution in [1.82, 2.24) is 4.57 Å². The number of nitrogens with zero attached hydrogens (tertiary/aromatic N) is 3. The number of furan rings is 1. The van der Waals surface area contributed by atoms with Gasteiger partial charge in [-0.25, -0.2) is 9.98 Å². The molecule has 0 atom stereocenters. The average Bonchev–Trinajstić information content (AvgIpc) is 3.96. The SMILES string of the molecule is C=C(N=C(N=C(C)c1cccc2oc3ccc(-c4ccc5c(c4)c4ccccc4n5-c4ccccc4)cc3c12)c1cccc2sc3ccccc3c12)c1ccccc1. The lowest BCUT2D eigenvalue weighted by Gasteiger charge is -2.10. The van der Waals surface area contributed by atoms with Crippen LogP contribution in [0.15, 0.2) is 203 Å². The Bertz CT molecular complexity index is 3470. The zero-order valence-electron chi connectivity index (χ0n) is 31.7. The van der Waals surface area contributed by atoms with Gasteiger partial charge < -0.3 is 8.98 Å². The monoisotopic (exact) mass is 761 g/mol. The molecule has 0 spiro atoms. The molecular formula is C53H35N3OS. The zero-order chi connectivity index (χ0) is 38.7. The van der Waals surface area contributed by atoms with E-state index in [0.29, 0.717) is 11.5 Å². The average molecular weight is 762 g/mol. The summed E-state index contributed by atoms with van der Waals surface area (Å²) in [6, 6.07) is 63.8. The molecule has 8 aromatic carbocycles. The van der Waals surface area contributed by atoms with E-state index in [-0.39, 0.29) is 0 Å². The van der Waals surface area contributed by atoms with Gasteiger partial charge in [0, 0.05) is 64.2 Å². The fourth-order valence-corrected chi connectivity index (χ4v) is 9.60. The van der Waals surface area contributed by atoms with Gasteiger partial charge in [-0.3, -0.25) is 0 Å². The first kappa shape index (κ1) is 34.0. The van der Waals surface area contributed by atoms with Crippen molar-refractivity contribution in [3.05, 3.63) is 205 Å². The van der Waals surface area contributed by atoms with Gasteiger partial charge >= 0.3 is 0 Å². The molecular weight excluding hydrogens is 727 g/mol. The Labute approximate surface area is 339 Å². The second kappa shape index (κ2) is 13.7. The maximum atomic E-state index is 6.52. The topological polar surface area (TPSA) is 42.8 Å². The van der Waals surface area contributed by atoms with Crippen molar-refractivity contribution in [3.63, 3.8) is 0 Å². The Morgan fingerprint density at radius 2 is 1.17 bits per heavy atom. The van der Waals surface area contributed by atoms with E-state index in [1.165, 1.54) is 36.6 Å². The van der Waals surface area contributed by atoms with Crippen LogP contribution in [0.1, 0.15) is 23.6 Å². The summed E-state index contributed by atoms with van der Waals surface area (Å²) in [6.45, 7) is 6.47. The minimum absolute atomic E-state index is 0.619. The van der Waals surface area contributed by atoms with Crippen LogP contribution in [0.4, 0.5) is 0 Å². The van der Waals surface area contributed by atoms with Crippen LogP contribution in [-0.4, -0.2) is 16.1 Å². The van der Waals surface area contributed by atoms with Crippen LogP contribution in [-0.2, 0) is 0 Å². The van der Waals surface area contributed by atoms with Gasteiger partial charge in [-0.15, -0.1) is 11.3 Å². The number of amidine groups is 1. The van der Waals surface area contributed by atoms with Gasteiger partial charge in [0.15, 0.2) is 5.84 Å². The third kappa shape index (κ3) is 5.59. The molecule has 0 aliphatic heterocycles. The molecule has 0 aliphatic rings. The van der Waals surface area contributed by atoms with Crippen molar-refractivity contribution >= 4 is 92.5 Å². The molecule has 274 valence electrons. The third-order valence-electron chi connectivity index (χ3n) is 11.2. The quantitative estimate of drug-likeness (QED) is 0.123. The van der Waals surface area contributed by atoms with E-state index < -0.39 is 0 Å². The van der Waals surface area contributed by atoms with Crippen molar-refractivity contribution in [3.8, 4) is 16.8 Å². The smallest absolute Gasteiger partial charge is 0.160 e. The van der Waals surface area contributed by atoms with E-state index in [1.807, 2.05) is 42.5 Å². The number of benzene rings is 8. The second-order valence-corrected chi connectivity index (χ2v) is 15.7. The predicted octanol–water partition coefficient (Wildman–Crippen LogP) is 14.6. The molecule has 4 nitrogen and oxygen atoms in total. The summed E-state index contributed by atoms with van der Waals surface area (Å²) in [5.41, 5.74) is 11.9. The fourth-order valence-electron chi connectivity index (χ4n) is 8.46. The molecule has 3 heterocycles. The lowest BCUT2D eigenvalue weighted by Crippen LogP contribution is -2.05. The number of thiophene rings is 1. The van der Waals surface area contributed by atoms with Crippen molar-refractivity contribution < 1.29 is 4.42 Å². The highest BCUT2D eigenvalue weighted by Crippen LogP contribution is 2.39. The first-order valence-corrected chi connectivity index (χ1v) is 20.2. The molecule has 58 heavy (non-hydrogen) atoms. The summed E-state index contributed by atoms with van der Waals surface area (Å²) in [5, 5.41) is 6.87. The molecule has 0 bridgehead atoms. The molecule has 0 N–H and O–H groups in total. The maximum Gasteiger partial charge on any atom is 0.160 e. The number of hydrogen-bond acceptors (Lipinski definition) is 3. The molecule has 11 rings (SSSR count). The first-order valence-electron chi connectivity index (χ1n) is 19.4. The summed E-state index contributed by atoms with van der Waals surface area (Å²) in [6.07, 6.45) is 0. The standard InChI is InChI=1S/C53H35N3OS/c1-33(35-15-5-3-6-16-35)54-53(42-22-14-26-50-52(42)41-20-10-12-25-49(41)58-50)55-34(2)39-21-13-24-48-51(39)44-32-37(28-30-47(44)57-48)36-27-29-46-43(31-36)40-19-9-11-23-45(40)56(46)38-17-7-4-8-18-38/h3-32H,1H2,2H3. The highest BCUT2D eigenvalue weighted by Gasteiger charge is 2.19. The first-order chi connectivity index (χ1) is 28.6. The van der Waals surface area contributed by atoms with Gasteiger partial charge in [0.2, 0.25) is 0 Å². The fraction of sp³-hybridized carbons (Fsp3) is 0.0189. The summed E-state index contributed by atoms with van der Waals surface area (Å²) in [7, 11) is 0. The number of rotatable bonds is 6. The minimum atomic E-state index is 0.619. The van der Waals surface area contributed by atoms with E-state index in [0.717, 1.165) is 66.5 Å². The number of fused-ring (bicyclic) bond motifs is 9. The summed E-state index contributed by atoms with van der Waals surface area (Å²) >= 11 is 1.79. The third-order valence-corrected chi connectivity index (χ3v) is 12.3. The second-order valence-electron chi connectivity index (χ2n) is 14.6. The Hall–Kier alpha value is -7.34. The molecule has 0 saturated heterocycles. The molecule has 0 aliphatic carbocycles. The van der Waals surface area contributed by atoms with E-state index in [2.05, 4.69) is 158 Å². The number of aliphatic imine (C=N–C) groups is 2. The maximum absolute atomic E-state index is 6.52. The zero-order valence-corrected chi connectivity index (χ0v) is 32.5. The summed E-state index contributed by atoms with van der Waals surface area (Å²) < 4.78 is 11.3. The number of hydrogen-bond donors (Lipinski definition) is 0. The van der Waals surface area contributed by atoms with Crippen LogP contribution in [0.3, 0.4) is 0 Å². The Kier molecular flexibility index (Phi) is 8.02. The van der Waals surface area contributed by atoms with Crippen molar-refractivity contribution in [2.45, 2.75) is 6.92 Å². The van der Waals surface area contributed by atoms with Crippen LogP contribution >= 0.6 is 11.3 Å².